The Morgan fingerprint density at radius 1 is 1.23 bits per heavy atom. The molecular formula is C22H32N6O2. The maximum atomic E-state index is 12.8. The zero-order chi connectivity index (χ0) is 21.1. The molecule has 1 saturated heterocycles. The van der Waals surface area contributed by atoms with Crippen molar-refractivity contribution in [2.75, 3.05) is 50.2 Å². The van der Waals surface area contributed by atoms with Gasteiger partial charge in [0.1, 0.15) is 11.6 Å². The zero-order valence-electron chi connectivity index (χ0n) is 18.3. The van der Waals surface area contributed by atoms with Gasteiger partial charge in [-0.3, -0.25) is 4.79 Å². The number of nitrogens with zero attached hydrogens (tertiary/aromatic N) is 6. The van der Waals surface area contributed by atoms with Crippen molar-refractivity contribution in [3.63, 3.8) is 0 Å². The highest BCUT2D eigenvalue weighted by molar-refractivity contribution is 5.51. The van der Waals surface area contributed by atoms with E-state index in [-0.39, 0.29) is 11.6 Å². The average molecular weight is 413 g/mol. The second-order valence-electron chi connectivity index (χ2n) is 8.38. The second-order valence-corrected chi connectivity index (χ2v) is 8.38. The minimum Gasteiger partial charge on any atom is -0.383 e. The Morgan fingerprint density at radius 3 is 2.87 bits per heavy atom. The van der Waals surface area contributed by atoms with Gasteiger partial charge in [0.15, 0.2) is 0 Å². The number of methoxy groups -OCH3 is 1. The SMILES string of the molecule is COCCN(C)c1cnn([C@H]2CCCN(c3nc(C)nc4c3CCCC4)C2)c(=O)c1. The van der Waals surface area contributed by atoms with Crippen LogP contribution >= 0.6 is 0 Å². The number of aryl methyl sites for hydroxylation is 2. The van der Waals surface area contributed by atoms with Crippen molar-refractivity contribution in [2.45, 2.75) is 51.5 Å². The van der Waals surface area contributed by atoms with E-state index in [2.05, 4.69) is 15.0 Å². The molecule has 0 bridgehead atoms. The molecule has 30 heavy (non-hydrogen) atoms. The van der Waals surface area contributed by atoms with Crippen molar-refractivity contribution in [3.8, 4) is 0 Å². The molecule has 2 aromatic rings. The summed E-state index contributed by atoms with van der Waals surface area (Å²) >= 11 is 0. The third kappa shape index (κ3) is 4.33. The summed E-state index contributed by atoms with van der Waals surface area (Å²) in [5.41, 5.74) is 3.29. The Kier molecular flexibility index (Phi) is 6.32. The van der Waals surface area contributed by atoms with E-state index in [1.807, 2.05) is 18.9 Å². The summed E-state index contributed by atoms with van der Waals surface area (Å²) in [6.07, 6.45) is 8.25. The summed E-state index contributed by atoms with van der Waals surface area (Å²) in [5.74, 6) is 1.91. The largest absolute Gasteiger partial charge is 0.383 e. The number of likely N-dealkylation sites (N-methyl/N-ethyl adjacent to an activating group) is 1. The van der Waals surface area contributed by atoms with Crippen molar-refractivity contribution in [1.29, 1.82) is 0 Å². The lowest BCUT2D eigenvalue weighted by Crippen LogP contribution is -2.42. The van der Waals surface area contributed by atoms with Gasteiger partial charge >= 0.3 is 0 Å². The molecule has 2 aliphatic rings. The van der Waals surface area contributed by atoms with E-state index in [4.69, 9.17) is 9.72 Å². The van der Waals surface area contributed by atoms with Crippen LogP contribution in [-0.2, 0) is 17.6 Å². The smallest absolute Gasteiger partial charge is 0.269 e. The van der Waals surface area contributed by atoms with E-state index in [0.29, 0.717) is 6.61 Å². The van der Waals surface area contributed by atoms with Crippen LogP contribution in [0.2, 0.25) is 0 Å². The molecule has 8 nitrogen and oxygen atoms in total. The first-order chi connectivity index (χ1) is 14.6. The standard InChI is InChI=1S/C22H32N6O2/c1-16-24-20-9-5-4-8-19(20)22(25-16)27-10-6-7-17(15-27)28-21(29)13-18(14-23-28)26(2)11-12-30-3/h13-14,17H,4-12,15H2,1-3H3/t17-/m0/s1. The highest BCUT2D eigenvalue weighted by Gasteiger charge is 2.27. The minimum atomic E-state index is -0.0514. The van der Waals surface area contributed by atoms with Gasteiger partial charge in [0.05, 0.1) is 24.5 Å². The average Bonchev–Trinajstić information content (AvgIpc) is 2.76. The molecule has 3 heterocycles. The fourth-order valence-corrected chi connectivity index (χ4v) is 4.55. The van der Waals surface area contributed by atoms with Gasteiger partial charge in [0.25, 0.3) is 5.56 Å². The van der Waals surface area contributed by atoms with Crippen LogP contribution in [0.5, 0.6) is 0 Å². The van der Waals surface area contributed by atoms with Crippen molar-refractivity contribution < 1.29 is 4.74 Å². The molecule has 0 N–H and O–H groups in total. The molecule has 1 aliphatic carbocycles. The van der Waals surface area contributed by atoms with Gasteiger partial charge in [-0.2, -0.15) is 5.10 Å². The molecule has 0 aromatic carbocycles. The van der Waals surface area contributed by atoms with Crippen LogP contribution in [0.3, 0.4) is 0 Å². The fraction of sp³-hybridized carbons (Fsp3) is 0.636. The first-order valence-corrected chi connectivity index (χ1v) is 11.0. The number of aromatic nitrogens is 4. The Morgan fingerprint density at radius 2 is 2.07 bits per heavy atom. The van der Waals surface area contributed by atoms with E-state index in [1.54, 1.807) is 24.1 Å². The lowest BCUT2D eigenvalue weighted by Gasteiger charge is -2.36. The van der Waals surface area contributed by atoms with Crippen LogP contribution in [0, 0.1) is 6.92 Å². The second kappa shape index (κ2) is 9.12. The predicted molar refractivity (Wildman–Crippen MR) is 118 cm³/mol. The van der Waals surface area contributed by atoms with E-state index < -0.39 is 0 Å². The summed E-state index contributed by atoms with van der Waals surface area (Å²) in [6.45, 7) is 5.03. The molecule has 0 saturated carbocycles. The lowest BCUT2D eigenvalue weighted by atomic mass is 9.95. The molecular weight excluding hydrogens is 380 g/mol. The molecule has 1 atom stereocenters. The first kappa shape index (κ1) is 20.8. The summed E-state index contributed by atoms with van der Waals surface area (Å²) in [6, 6.07) is 1.73. The van der Waals surface area contributed by atoms with Crippen LogP contribution in [-0.4, -0.2) is 60.1 Å². The molecule has 2 aromatic heterocycles. The highest BCUT2D eigenvalue weighted by Crippen LogP contribution is 2.31. The van der Waals surface area contributed by atoms with Crippen LogP contribution in [0.1, 0.15) is 48.8 Å². The number of hydrogen-bond donors (Lipinski definition) is 0. The molecule has 1 fully saturated rings. The van der Waals surface area contributed by atoms with E-state index in [1.165, 1.54) is 24.1 Å². The number of ether oxygens (including phenoxy) is 1. The van der Waals surface area contributed by atoms with Gasteiger partial charge in [-0.25, -0.2) is 14.6 Å². The fourth-order valence-electron chi connectivity index (χ4n) is 4.55. The summed E-state index contributed by atoms with van der Waals surface area (Å²) in [7, 11) is 3.62. The molecule has 4 rings (SSSR count). The maximum absolute atomic E-state index is 12.8. The summed E-state index contributed by atoms with van der Waals surface area (Å²) in [5, 5.41) is 4.53. The van der Waals surface area contributed by atoms with Crippen LogP contribution in [0.4, 0.5) is 11.5 Å². The molecule has 0 radical (unpaired) electrons. The first-order valence-electron chi connectivity index (χ1n) is 11.0. The van der Waals surface area contributed by atoms with Gasteiger partial charge in [0.2, 0.25) is 0 Å². The molecule has 0 amide bonds. The minimum absolute atomic E-state index is 0.0514. The van der Waals surface area contributed by atoms with E-state index >= 15 is 0 Å². The molecule has 0 spiro atoms. The van der Waals surface area contributed by atoms with E-state index in [0.717, 1.165) is 62.6 Å². The Balaban J connectivity index is 1.55. The van der Waals surface area contributed by atoms with Crippen molar-refractivity contribution in [1.82, 2.24) is 19.7 Å². The van der Waals surface area contributed by atoms with Gasteiger partial charge in [-0.1, -0.05) is 0 Å². The quantitative estimate of drug-likeness (QED) is 0.719. The van der Waals surface area contributed by atoms with Crippen molar-refractivity contribution >= 4 is 11.5 Å². The predicted octanol–water partition coefficient (Wildman–Crippen LogP) is 2.14. The Labute approximate surface area is 177 Å². The van der Waals surface area contributed by atoms with Crippen LogP contribution < -0.4 is 15.4 Å². The molecule has 0 unspecified atom stereocenters. The summed E-state index contributed by atoms with van der Waals surface area (Å²) in [4.78, 5) is 26.7. The van der Waals surface area contributed by atoms with Crippen LogP contribution in [0.15, 0.2) is 17.1 Å². The molecule has 1 aliphatic heterocycles. The number of rotatable bonds is 6. The monoisotopic (exact) mass is 412 g/mol. The number of piperidine rings is 1. The van der Waals surface area contributed by atoms with E-state index in [9.17, 15) is 4.79 Å². The Bertz CT molecular complexity index is 944. The Hall–Kier alpha value is -2.48. The van der Waals surface area contributed by atoms with Crippen LogP contribution in [0.25, 0.3) is 0 Å². The van der Waals surface area contributed by atoms with Crippen molar-refractivity contribution in [2.24, 2.45) is 0 Å². The topological polar surface area (TPSA) is 76.4 Å². The third-order valence-electron chi connectivity index (χ3n) is 6.20. The lowest BCUT2D eigenvalue weighted by molar-refractivity contribution is 0.206. The zero-order valence-corrected chi connectivity index (χ0v) is 18.3. The number of anilines is 2. The highest BCUT2D eigenvalue weighted by atomic mass is 16.5. The van der Waals surface area contributed by atoms with Gasteiger partial charge in [-0.15, -0.1) is 0 Å². The van der Waals surface area contributed by atoms with Gasteiger partial charge in [-0.05, 0) is 45.4 Å². The van der Waals surface area contributed by atoms with Crippen molar-refractivity contribution in [3.05, 3.63) is 39.7 Å². The third-order valence-corrected chi connectivity index (χ3v) is 6.20. The normalized spacial score (nSPS) is 18.9. The maximum Gasteiger partial charge on any atom is 0.269 e. The number of fused-ring (bicyclic) bond motifs is 1. The summed E-state index contributed by atoms with van der Waals surface area (Å²) < 4.78 is 6.78. The van der Waals surface area contributed by atoms with Gasteiger partial charge < -0.3 is 14.5 Å². The number of hydrogen-bond acceptors (Lipinski definition) is 7. The molecule has 162 valence electrons. The van der Waals surface area contributed by atoms with Gasteiger partial charge in [0, 0.05) is 51.1 Å². The molecule has 8 heteroatoms.